The van der Waals surface area contributed by atoms with Crippen LogP contribution in [0.3, 0.4) is 0 Å². The van der Waals surface area contributed by atoms with Crippen LogP contribution in [0.25, 0.3) is 0 Å². The Morgan fingerprint density at radius 3 is 2.45 bits per heavy atom. The molecule has 6 heteroatoms. The smallest absolute Gasteiger partial charge is 0.253 e. The second-order valence-electron chi connectivity index (χ2n) is 4.72. The molecule has 2 rings (SSSR count). The van der Waals surface area contributed by atoms with E-state index in [0.29, 0.717) is 0 Å². The summed E-state index contributed by atoms with van der Waals surface area (Å²) in [7, 11) is 0. The Balaban J connectivity index is 2.16. The van der Waals surface area contributed by atoms with Crippen molar-refractivity contribution in [2.45, 2.75) is 12.5 Å². The highest BCUT2D eigenvalue weighted by Crippen LogP contribution is 2.19. The first-order valence-electron chi connectivity index (χ1n) is 6.57. The maximum atomic E-state index is 13.4. The average Bonchev–Trinajstić information content (AvgIpc) is 2.50. The Kier molecular flexibility index (Phi) is 5.12. The zero-order chi connectivity index (χ0) is 16.1. The molecule has 0 fully saturated rings. The van der Waals surface area contributed by atoms with Gasteiger partial charge in [-0.2, -0.15) is 0 Å². The molecule has 3 N–H and O–H groups in total. The molecular formula is C16H14ClFN2O2. The highest BCUT2D eigenvalue weighted by atomic mass is 35.5. The molecule has 0 aliphatic carbocycles. The SMILES string of the molecule is NC(=O)[C@@H](Cc1ccccc1)NC(=O)c1cccc(F)c1Cl. The van der Waals surface area contributed by atoms with Crippen LogP contribution in [0.5, 0.6) is 0 Å². The van der Waals surface area contributed by atoms with Gasteiger partial charge in [0, 0.05) is 6.42 Å². The number of hydrogen-bond acceptors (Lipinski definition) is 2. The lowest BCUT2D eigenvalue weighted by Crippen LogP contribution is -2.45. The van der Waals surface area contributed by atoms with Crippen molar-refractivity contribution in [3.05, 3.63) is 70.5 Å². The minimum absolute atomic E-state index is 0.0408. The number of halogens is 2. The van der Waals surface area contributed by atoms with E-state index in [1.165, 1.54) is 12.1 Å². The summed E-state index contributed by atoms with van der Waals surface area (Å²) in [6.07, 6.45) is 0.245. The fourth-order valence-electron chi connectivity index (χ4n) is 1.99. The third-order valence-corrected chi connectivity index (χ3v) is 3.51. The molecule has 0 spiro atoms. The molecular weight excluding hydrogens is 307 g/mol. The van der Waals surface area contributed by atoms with E-state index in [1.807, 2.05) is 30.3 Å². The number of amides is 2. The van der Waals surface area contributed by atoms with Crippen LogP contribution >= 0.6 is 11.6 Å². The van der Waals surface area contributed by atoms with E-state index in [1.54, 1.807) is 0 Å². The van der Waals surface area contributed by atoms with Crippen molar-refractivity contribution in [3.63, 3.8) is 0 Å². The molecule has 0 heterocycles. The Morgan fingerprint density at radius 2 is 1.82 bits per heavy atom. The van der Waals surface area contributed by atoms with E-state index in [4.69, 9.17) is 17.3 Å². The van der Waals surface area contributed by atoms with Gasteiger partial charge in [0.05, 0.1) is 10.6 Å². The lowest BCUT2D eigenvalue weighted by Gasteiger charge is -2.16. The van der Waals surface area contributed by atoms with Crippen molar-refractivity contribution in [3.8, 4) is 0 Å². The summed E-state index contributed by atoms with van der Waals surface area (Å²) in [6, 6.07) is 12.1. The number of primary amides is 1. The van der Waals surface area contributed by atoms with Gasteiger partial charge in [-0.15, -0.1) is 0 Å². The van der Waals surface area contributed by atoms with Gasteiger partial charge in [0.15, 0.2) is 0 Å². The van der Waals surface area contributed by atoms with Crippen LogP contribution in [-0.4, -0.2) is 17.9 Å². The van der Waals surface area contributed by atoms with Crippen molar-refractivity contribution >= 4 is 23.4 Å². The molecule has 0 bridgehead atoms. The van der Waals surface area contributed by atoms with Crippen molar-refractivity contribution in [2.75, 3.05) is 0 Å². The fraction of sp³-hybridized carbons (Fsp3) is 0.125. The van der Waals surface area contributed by atoms with E-state index in [9.17, 15) is 14.0 Å². The molecule has 0 unspecified atom stereocenters. The van der Waals surface area contributed by atoms with E-state index in [2.05, 4.69) is 5.32 Å². The largest absolute Gasteiger partial charge is 0.368 e. The predicted octanol–water partition coefficient (Wildman–Crippen LogP) is 2.31. The highest BCUT2D eigenvalue weighted by molar-refractivity contribution is 6.34. The van der Waals surface area contributed by atoms with Crippen molar-refractivity contribution in [1.82, 2.24) is 5.32 Å². The maximum Gasteiger partial charge on any atom is 0.253 e. The molecule has 0 radical (unpaired) electrons. The Hall–Kier alpha value is -2.40. The maximum absolute atomic E-state index is 13.4. The molecule has 0 aliphatic rings. The number of carbonyl (C=O) groups excluding carboxylic acids is 2. The van der Waals surface area contributed by atoms with Gasteiger partial charge in [0.1, 0.15) is 11.9 Å². The van der Waals surface area contributed by atoms with E-state index >= 15 is 0 Å². The standard InChI is InChI=1S/C16H14ClFN2O2/c17-14-11(7-4-8-12(14)18)16(22)20-13(15(19)21)9-10-5-2-1-3-6-10/h1-8,13H,9H2,(H2,19,21)(H,20,22)/t13-/m1/s1. The van der Waals surface area contributed by atoms with Crippen LogP contribution in [0.1, 0.15) is 15.9 Å². The molecule has 0 aliphatic heterocycles. The molecule has 0 aromatic heterocycles. The van der Waals surface area contributed by atoms with Gasteiger partial charge in [-0.1, -0.05) is 48.0 Å². The number of carbonyl (C=O) groups is 2. The summed E-state index contributed by atoms with van der Waals surface area (Å²) in [6.45, 7) is 0. The van der Waals surface area contributed by atoms with Crippen molar-refractivity contribution < 1.29 is 14.0 Å². The van der Waals surface area contributed by atoms with E-state index < -0.39 is 23.7 Å². The van der Waals surface area contributed by atoms with Crippen molar-refractivity contribution in [2.24, 2.45) is 5.73 Å². The number of nitrogens with one attached hydrogen (secondary N) is 1. The number of hydrogen-bond donors (Lipinski definition) is 2. The minimum atomic E-state index is -0.908. The molecule has 0 saturated heterocycles. The summed E-state index contributed by atoms with van der Waals surface area (Å²) in [5.74, 6) is -2.03. The van der Waals surface area contributed by atoms with Crippen LogP contribution in [0.2, 0.25) is 5.02 Å². The average molecular weight is 321 g/mol. The molecule has 4 nitrogen and oxygen atoms in total. The predicted molar refractivity (Wildman–Crippen MR) is 82.0 cm³/mol. The normalized spacial score (nSPS) is 11.7. The third kappa shape index (κ3) is 3.83. The van der Waals surface area contributed by atoms with Gasteiger partial charge >= 0.3 is 0 Å². The topological polar surface area (TPSA) is 72.2 Å². The zero-order valence-electron chi connectivity index (χ0n) is 11.6. The molecule has 114 valence electrons. The fourth-order valence-corrected chi connectivity index (χ4v) is 2.20. The Labute approximate surface area is 132 Å². The monoisotopic (exact) mass is 320 g/mol. The quantitative estimate of drug-likeness (QED) is 0.887. The first-order chi connectivity index (χ1) is 10.5. The minimum Gasteiger partial charge on any atom is -0.368 e. The van der Waals surface area contributed by atoms with E-state index in [-0.39, 0.29) is 17.0 Å². The van der Waals surface area contributed by atoms with E-state index in [0.717, 1.165) is 11.6 Å². The lowest BCUT2D eigenvalue weighted by molar-refractivity contribution is -0.119. The summed E-state index contributed by atoms with van der Waals surface area (Å²) in [5, 5.41) is 2.20. The molecule has 2 aromatic rings. The van der Waals surface area contributed by atoms with Crippen LogP contribution in [-0.2, 0) is 11.2 Å². The summed E-state index contributed by atoms with van der Waals surface area (Å²) >= 11 is 5.76. The second-order valence-corrected chi connectivity index (χ2v) is 5.10. The zero-order valence-corrected chi connectivity index (χ0v) is 12.3. The van der Waals surface area contributed by atoms with Crippen LogP contribution in [0.15, 0.2) is 48.5 Å². The third-order valence-electron chi connectivity index (χ3n) is 3.13. The summed E-state index contributed by atoms with van der Waals surface area (Å²) in [5.41, 5.74) is 6.12. The molecule has 2 aromatic carbocycles. The first kappa shape index (κ1) is 16.0. The first-order valence-corrected chi connectivity index (χ1v) is 6.95. The molecule has 0 saturated carbocycles. The highest BCUT2D eigenvalue weighted by Gasteiger charge is 2.21. The Morgan fingerprint density at radius 1 is 1.14 bits per heavy atom. The molecule has 2 amide bonds. The van der Waals surface area contributed by atoms with Crippen LogP contribution < -0.4 is 11.1 Å². The van der Waals surface area contributed by atoms with Gasteiger partial charge in [0.2, 0.25) is 5.91 Å². The van der Waals surface area contributed by atoms with Gasteiger partial charge in [-0.25, -0.2) is 4.39 Å². The molecule has 22 heavy (non-hydrogen) atoms. The number of nitrogens with two attached hydrogens (primary N) is 1. The number of benzene rings is 2. The summed E-state index contributed by atoms with van der Waals surface area (Å²) < 4.78 is 13.4. The number of rotatable bonds is 5. The summed E-state index contributed by atoms with van der Waals surface area (Å²) in [4.78, 5) is 23.7. The van der Waals surface area contributed by atoms with Crippen molar-refractivity contribution in [1.29, 1.82) is 0 Å². The van der Waals surface area contributed by atoms with Crippen LogP contribution in [0, 0.1) is 5.82 Å². The Bertz CT molecular complexity index is 692. The van der Waals surface area contributed by atoms with Gasteiger partial charge in [0.25, 0.3) is 5.91 Å². The van der Waals surface area contributed by atoms with Gasteiger partial charge in [-0.3, -0.25) is 9.59 Å². The van der Waals surface area contributed by atoms with Gasteiger partial charge in [-0.05, 0) is 17.7 Å². The lowest BCUT2D eigenvalue weighted by atomic mass is 10.0. The van der Waals surface area contributed by atoms with Gasteiger partial charge < -0.3 is 11.1 Å². The second kappa shape index (κ2) is 7.04. The van der Waals surface area contributed by atoms with Crippen LogP contribution in [0.4, 0.5) is 4.39 Å². The molecule has 1 atom stereocenters.